The highest BCUT2D eigenvalue weighted by Gasteiger charge is 2.09. The number of benzene rings is 3. The normalized spacial score (nSPS) is 10.4. The second kappa shape index (κ2) is 8.95. The van der Waals surface area contributed by atoms with Crippen molar-refractivity contribution in [2.24, 2.45) is 0 Å². The van der Waals surface area contributed by atoms with Crippen molar-refractivity contribution in [1.29, 1.82) is 0 Å². The Morgan fingerprint density at radius 1 is 1.04 bits per heavy atom. The van der Waals surface area contributed by atoms with E-state index < -0.39 is 5.97 Å². The van der Waals surface area contributed by atoms with Crippen molar-refractivity contribution < 1.29 is 19.4 Å². The van der Waals surface area contributed by atoms with Crippen LogP contribution in [0.25, 0.3) is 0 Å². The first-order chi connectivity index (χ1) is 13.6. The molecule has 3 aromatic rings. The van der Waals surface area contributed by atoms with Crippen LogP contribution in [0.5, 0.6) is 11.5 Å². The van der Waals surface area contributed by atoms with E-state index in [-0.39, 0.29) is 5.56 Å². The molecule has 0 saturated carbocycles. The fourth-order valence-corrected chi connectivity index (χ4v) is 2.81. The molecule has 0 radical (unpaired) electrons. The minimum atomic E-state index is -0.971. The molecule has 0 aliphatic rings. The molecule has 0 amide bonds. The van der Waals surface area contributed by atoms with Gasteiger partial charge in [0.15, 0.2) is 0 Å². The van der Waals surface area contributed by atoms with E-state index in [9.17, 15) is 4.79 Å². The molecule has 3 aromatic carbocycles. The average molecular weight is 377 g/mol. The maximum Gasteiger partial charge on any atom is 0.335 e. The molecular weight excluding hydrogens is 354 g/mol. The van der Waals surface area contributed by atoms with Gasteiger partial charge in [0.2, 0.25) is 0 Å². The molecule has 0 heterocycles. The molecule has 28 heavy (non-hydrogen) atoms. The number of ether oxygens (including phenoxy) is 2. The molecule has 5 heteroatoms. The van der Waals surface area contributed by atoms with Gasteiger partial charge in [0, 0.05) is 6.54 Å². The number of carboxylic acid groups (broad SMARTS) is 1. The van der Waals surface area contributed by atoms with Crippen molar-refractivity contribution >= 4 is 11.7 Å². The Morgan fingerprint density at radius 3 is 2.46 bits per heavy atom. The van der Waals surface area contributed by atoms with E-state index >= 15 is 0 Å². The lowest BCUT2D eigenvalue weighted by atomic mass is 10.1. The molecule has 0 spiro atoms. The van der Waals surface area contributed by atoms with Crippen molar-refractivity contribution in [2.45, 2.75) is 20.1 Å². The molecule has 0 fully saturated rings. The topological polar surface area (TPSA) is 67.8 Å². The fourth-order valence-electron chi connectivity index (χ4n) is 2.81. The van der Waals surface area contributed by atoms with Gasteiger partial charge in [-0.25, -0.2) is 4.79 Å². The third kappa shape index (κ3) is 4.82. The lowest BCUT2D eigenvalue weighted by molar-refractivity contribution is 0.0697. The molecule has 144 valence electrons. The molecule has 0 unspecified atom stereocenters. The van der Waals surface area contributed by atoms with Gasteiger partial charge in [-0.2, -0.15) is 0 Å². The molecule has 2 N–H and O–H groups in total. The summed E-state index contributed by atoms with van der Waals surface area (Å²) in [6, 6.07) is 20.7. The largest absolute Gasteiger partial charge is 0.495 e. The van der Waals surface area contributed by atoms with Crippen LogP contribution in [0, 0.1) is 6.92 Å². The molecule has 0 atom stereocenters. The number of aryl methyl sites for hydroxylation is 1. The predicted octanol–water partition coefficient (Wildman–Crippen LogP) is 4.89. The quantitative estimate of drug-likeness (QED) is 0.585. The Kier molecular flexibility index (Phi) is 6.17. The number of carboxylic acids is 1. The molecule has 5 nitrogen and oxygen atoms in total. The number of aromatic carboxylic acids is 1. The first-order valence-electron chi connectivity index (χ1n) is 8.98. The zero-order chi connectivity index (χ0) is 19.9. The zero-order valence-electron chi connectivity index (χ0n) is 15.9. The molecule has 0 bridgehead atoms. The molecule has 0 aromatic heterocycles. The van der Waals surface area contributed by atoms with Gasteiger partial charge in [0.05, 0.1) is 18.4 Å². The monoisotopic (exact) mass is 377 g/mol. The van der Waals surface area contributed by atoms with Gasteiger partial charge in [0.25, 0.3) is 0 Å². The summed E-state index contributed by atoms with van der Waals surface area (Å²) >= 11 is 0. The minimum Gasteiger partial charge on any atom is -0.495 e. The van der Waals surface area contributed by atoms with Crippen LogP contribution in [-0.4, -0.2) is 18.2 Å². The van der Waals surface area contributed by atoms with Crippen LogP contribution >= 0.6 is 0 Å². The summed E-state index contributed by atoms with van der Waals surface area (Å²) in [6.07, 6.45) is 0. The van der Waals surface area contributed by atoms with E-state index in [4.69, 9.17) is 14.6 Å². The van der Waals surface area contributed by atoms with E-state index in [1.54, 1.807) is 19.2 Å². The number of anilines is 1. The number of hydrogen-bond donors (Lipinski definition) is 2. The third-order valence-corrected chi connectivity index (χ3v) is 4.51. The Balaban J connectivity index is 1.61. The Morgan fingerprint density at radius 2 is 1.79 bits per heavy atom. The second-order valence-electron chi connectivity index (χ2n) is 6.43. The van der Waals surface area contributed by atoms with Gasteiger partial charge in [-0.3, -0.25) is 0 Å². The summed E-state index contributed by atoms with van der Waals surface area (Å²) in [6.45, 7) is 3.14. The standard InChI is InChI=1S/C23H23NO4/c1-16-5-3-4-6-19(16)15-28-20-10-7-17(8-11-20)14-24-21-13-18(23(25)26)9-12-22(21)27-2/h3-13,24H,14-15H2,1-2H3,(H,25,26). The predicted molar refractivity (Wildman–Crippen MR) is 109 cm³/mol. The van der Waals surface area contributed by atoms with Crippen molar-refractivity contribution in [1.82, 2.24) is 0 Å². The van der Waals surface area contributed by atoms with Crippen LogP contribution in [0.4, 0.5) is 5.69 Å². The minimum absolute atomic E-state index is 0.211. The average Bonchev–Trinajstić information content (AvgIpc) is 2.72. The number of hydrogen-bond acceptors (Lipinski definition) is 4. The molecule has 0 saturated heterocycles. The summed E-state index contributed by atoms with van der Waals surface area (Å²) in [4.78, 5) is 11.2. The second-order valence-corrected chi connectivity index (χ2v) is 6.43. The van der Waals surface area contributed by atoms with E-state index in [0.717, 1.165) is 11.3 Å². The van der Waals surface area contributed by atoms with E-state index in [2.05, 4.69) is 24.4 Å². The summed E-state index contributed by atoms with van der Waals surface area (Å²) in [5.41, 5.74) is 4.27. The fraction of sp³-hybridized carbons (Fsp3) is 0.174. The Bertz CT molecular complexity index is 951. The summed E-state index contributed by atoms with van der Waals surface area (Å²) in [5.74, 6) is 0.432. The van der Waals surface area contributed by atoms with Crippen LogP contribution in [0.2, 0.25) is 0 Å². The van der Waals surface area contributed by atoms with Gasteiger partial charge in [-0.15, -0.1) is 0 Å². The molecule has 0 aliphatic heterocycles. The molecule has 3 rings (SSSR count). The number of carbonyl (C=O) groups is 1. The highest BCUT2D eigenvalue weighted by atomic mass is 16.5. The maximum absolute atomic E-state index is 11.2. The Hall–Kier alpha value is -3.47. The molecule has 0 aliphatic carbocycles. The van der Waals surface area contributed by atoms with Gasteiger partial charge in [-0.05, 0) is 53.9 Å². The lowest BCUT2D eigenvalue weighted by Gasteiger charge is -2.13. The van der Waals surface area contributed by atoms with Crippen molar-refractivity contribution in [3.05, 3.63) is 89.0 Å². The summed E-state index contributed by atoms with van der Waals surface area (Å²) < 4.78 is 11.2. The van der Waals surface area contributed by atoms with Crippen molar-refractivity contribution in [3.63, 3.8) is 0 Å². The van der Waals surface area contributed by atoms with Gasteiger partial charge in [0.1, 0.15) is 18.1 Å². The number of nitrogens with one attached hydrogen (secondary N) is 1. The van der Waals surface area contributed by atoms with Crippen molar-refractivity contribution in [3.8, 4) is 11.5 Å². The number of methoxy groups -OCH3 is 1. The van der Waals surface area contributed by atoms with Crippen LogP contribution < -0.4 is 14.8 Å². The third-order valence-electron chi connectivity index (χ3n) is 4.51. The van der Waals surface area contributed by atoms with Crippen LogP contribution in [-0.2, 0) is 13.2 Å². The van der Waals surface area contributed by atoms with E-state index in [1.807, 2.05) is 36.4 Å². The van der Waals surface area contributed by atoms with E-state index in [0.29, 0.717) is 24.6 Å². The summed E-state index contributed by atoms with van der Waals surface area (Å²) in [5, 5.41) is 12.4. The SMILES string of the molecule is COc1ccc(C(=O)O)cc1NCc1ccc(OCc2ccccc2C)cc1. The van der Waals surface area contributed by atoms with Gasteiger partial charge >= 0.3 is 5.97 Å². The highest BCUT2D eigenvalue weighted by Crippen LogP contribution is 2.26. The Labute approximate surface area is 164 Å². The van der Waals surface area contributed by atoms with Gasteiger partial charge in [-0.1, -0.05) is 36.4 Å². The number of rotatable bonds is 8. The van der Waals surface area contributed by atoms with Crippen LogP contribution in [0.15, 0.2) is 66.7 Å². The first-order valence-corrected chi connectivity index (χ1v) is 8.98. The first kappa shape index (κ1) is 19.3. The highest BCUT2D eigenvalue weighted by molar-refractivity contribution is 5.89. The lowest BCUT2D eigenvalue weighted by Crippen LogP contribution is -2.04. The van der Waals surface area contributed by atoms with Crippen molar-refractivity contribution in [2.75, 3.05) is 12.4 Å². The van der Waals surface area contributed by atoms with Gasteiger partial charge < -0.3 is 19.9 Å². The maximum atomic E-state index is 11.2. The summed E-state index contributed by atoms with van der Waals surface area (Å²) in [7, 11) is 1.56. The molecular formula is C23H23NO4. The van der Waals surface area contributed by atoms with Crippen LogP contribution in [0.3, 0.4) is 0 Å². The van der Waals surface area contributed by atoms with E-state index in [1.165, 1.54) is 17.2 Å². The van der Waals surface area contributed by atoms with Crippen LogP contribution in [0.1, 0.15) is 27.0 Å². The zero-order valence-corrected chi connectivity index (χ0v) is 15.9. The smallest absolute Gasteiger partial charge is 0.335 e.